The molecule has 1 amide bonds. The Hall–Kier alpha value is -2.40. The second-order valence-electron chi connectivity index (χ2n) is 4.93. The van der Waals surface area contributed by atoms with Gasteiger partial charge in [-0.2, -0.15) is 0 Å². The number of para-hydroxylation sites is 1. The number of amides is 1. The third-order valence-electron chi connectivity index (χ3n) is 3.22. The molecule has 0 aliphatic carbocycles. The summed E-state index contributed by atoms with van der Waals surface area (Å²) in [7, 11) is 0. The fraction of sp³-hybridized carbons (Fsp3) is 0.176. The molecule has 112 valence electrons. The lowest BCUT2D eigenvalue weighted by atomic mass is 10.2. The van der Waals surface area contributed by atoms with Crippen molar-refractivity contribution in [1.29, 1.82) is 0 Å². The van der Waals surface area contributed by atoms with Gasteiger partial charge in [-0.15, -0.1) is 11.3 Å². The van der Waals surface area contributed by atoms with Gasteiger partial charge in [0.05, 0.1) is 6.54 Å². The number of pyridine rings is 1. The average Bonchev–Trinajstić information content (AvgIpc) is 3.04. The van der Waals surface area contributed by atoms with Crippen LogP contribution in [0.5, 0.6) is 5.75 Å². The number of carbonyl (C=O) groups is 1. The predicted molar refractivity (Wildman–Crippen MR) is 88.1 cm³/mol. The van der Waals surface area contributed by atoms with E-state index in [4.69, 9.17) is 4.74 Å². The van der Waals surface area contributed by atoms with Crippen molar-refractivity contribution in [2.75, 3.05) is 6.61 Å². The van der Waals surface area contributed by atoms with Gasteiger partial charge in [-0.25, -0.2) is 4.98 Å². The minimum Gasteiger partial charge on any atom is -0.481 e. The number of carbonyl (C=O) groups excluding carboxylic acids is 1. The molecule has 0 radical (unpaired) electrons. The number of rotatable bonds is 5. The van der Waals surface area contributed by atoms with Gasteiger partial charge in [-0.1, -0.05) is 24.3 Å². The van der Waals surface area contributed by atoms with Crippen LogP contribution in [0, 0.1) is 6.92 Å². The summed E-state index contributed by atoms with van der Waals surface area (Å²) in [5.74, 6) is 0.491. The molecule has 1 N–H and O–H groups in total. The number of ether oxygens (including phenoxy) is 1. The van der Waals surface area contributed by atoms with E-state index < -0.39 is 0 Å². The normalized spacial score (nSPS) is 10.6. The van der Waals surface area contributed by atoms with Gasteiger partial charge in [0.2, 0.25) is 0 Å². The lowest BCUT2D eigenvalue weighted by molar-refractivity contribution is -0.123. The molecule has 4 nitrogen and oxygen atoms in total. The highest BCUT2D eigenvalue weighted by molar-refractivity contribution is 7.09. The maximum atomic E-state index is 11.9. The van der Waals surface area contributed by atoms with Gasteiger partial charge in [0.1, 0.15) is 11.3 Å². The van der Waals surface area contributed by atoms with E-state index in [1.54, 1.807) is 11.3 Å². The van der Waals surface area contributed by atoms with E-state index in [-0.39, 0.29) is 12.5 Å². The lowest BCUT2D eigenvalue weighted by Crippen LogP contribution is -2.28. The highest BCUT2D eigenvalue weighted by Crippen LogP contribution is 2.23. The van der Waals surface area contributed by atoms with E-state index in [1.165, 1.54) is 0 Å². The number of fused-ring (bicyclic) bond motifs is 1. The molecule has 3 rings (SSSR count). The fourth-order valence-corrected chi connectivity index (χ4v) is 2.77. The average molecular weight is 312 g/mol. The van der Waals surface area contributed by atoms with Crippen LogP contribution in [0.1, 0.15) is 10.6 Å². The Morgan fingerprint density at radius 2 is 2.14 bits per heavy atom. The topological polar surface area (TPSA) is 51.2 Å². The van der Waals surface area contributed by atoms with Crippen molar-refractivity contribution in [3.05, 3.63) is 58.4 Å². The molecule has 0 atom stereocenters. The summed E-state index contributed by atoms with van der Waals surface area (Å²) in [5.41, 5.74) is 1.71. The van der Waals surface area contributed by atoms with Gasteiger partial charge in [0, 0.05) is 16.0 Å². The first-order chi connectivity index (χ1) is 10.7. The van der Waals surface area contributed by atoms with Crippen LogP contribution in [0.2, 0.25) is 0 Å². The summed E-state index contributed by atoms with van der Waals surface area (Å²) in [6.45, 7) is 2.46. The Balaban J connectivity index is 1.63. The van der Waals surface area contributed by atoms with Crippen LogP contribution in [-0.2, 0) is 11.3 Å². The van der Waals surface area contributed by atoms with Crippen LogP contribution >= 0.6 is 11.3 Å². The van der Waals surface area contributed by atoms with Crippen LogP contribution in [0.25, 0.3) is 10.9 Å². The van der Waals surface area contributed by atoms with Gasteiger partial charge in [-0.05, 0) is 30.5 Å². The van der Waals surface area contributed by atoms with Crippen molar-refractivity contribution in [3.63, 3.8) is 0 Å². The highest BCUT2D eigenvalue weighted by atomic mass is 32.1. The molecule has 1 aromatic carbocycles. The van der Waals surface area contributed by atoms with Crippen LogP contribution in [0.15, 0.2) is 47.8 Å². The second kappa shape index (κ2) is 6.58. The molecule has 3 aromatic rings. The maximum absolute atomic E-state index is 11.9. The fourth-order valence-electron chi connectivity index (χ4n) is 2.13. The van der Waals surface area contributed by atoms with Crippen molar-refractivity contribution in [1.82, 2.24) is 10.3 Å². The molecule has 0 saturated carbocycles. The molecule has 2 aromatic heterocycles. The number of hydrogen-bond acceptors (Lipinski definition) is 4. The van der Waals surface area contributed by atoms with Gasteiger partial charge in [0.15, 0.2) is 6.61 Å². The van der Waals surface area contributed by atoms with Crippen molar-refractivity contribution in [2.45, 2.75) is 13.5 Å². The predicted octanol–water partition coefficient (Wildman–Crippen LogP) is 3.30. The summed E-state index contributed by atoms with van der Waals surface area (Å²) < 4.78 is 5.63. The maximum Gasteiger partial charge on any atom is 0.258 e. The van der Waals surface area contributed by atoms with Gasteiger partial charge < -0.3 is 10.1 Å². The molecule has 0 fully saturated rings. The second-order valence-corrected chi connectivity index (χ2v) is 5.96. The summed E-state index contributed by atoms with van der Waals surface area (Å²) in [4.78, 5) is 17.5. The first kappa shape index (κ1) is 14.5. The SMILES string of the molecule is Cc1ccc2cccc(OCC(=O)NCc3cccs3)c2n1. The Labute approximate surface area is 132 Å². The van der Waals surface area contributed by atoms with E-state index in [0.29, 0.717) is 12.3 Å². The molecule has 0 spiro atoms. The molecule has 5 heteroatoms. The summed E-state index contributed by atoms with van der Waals surface area (Å²) in [6, 6.07) is 13.6. The quantitative estimate of drug-likeness (QED) is 0.786. The first-order valence-electron chi connectivity index (χ1n) is 7.00. The highest BCUT2D eigenvalue weighted by Gasteiger charge is 2.07. The van der Waals surface area contributed by atoms with E-state index in [1.807, 2.05) is 54.8 Å². The van der Waals surface area contributed by atoms with Crippen molar-refractivity contribution >= 4 is 28.1 Å². The zero-order chi connectivity index (χ0) is 15.4. The molecule has 2 heterocycles. The van der Waals surface area contributed by atoms with E-state index in [9.17, 15) is 4.79 Å². The van der Waals surface area contributed by atoms with Gasteiger partial charge in [0.25, 0.3) is 5.91 Å². The monoisotopic (exact) mass is 312 g/mol. The summed E-state index contributed by atoms with van der Waals surface area (Å²) in [6.07, 6.45) is 0. The molecule has 0 unspecified atom stereocenters. The number of aryl methyl sites for hydroxylation is 1. The first-order valence-corrected chi connectivity index (χ1v) is 7.88. The largest absolute Gasteiger partial charge is 0.481 e. The Morgan fingerprint density at radius 3 is 2.95 bits per heavy atom. The summed E-state index contributed by atoms with van der Waals surface area (Å²) >= 11 is 1.62. The Kier molecular flexibility index (Phi) is 4.34. The van der Waals surface area contributed by atoms with Crippen LogP contribution in [0.3, 0.4) is 0 Å². The smallest absolute Gasteiger partial charge is 0.258 e. The molecule has 22 heavy (non-hydrogen) atoms. The van der Waals surface area contributed by atoms with Crippen LogP contribution < -0.4 is 10.1 Å². The lowest BCUT2D eigenvalue weighted by Gasteiger charge is -2.09. The number of nitrogens with one attached hydrogen (secondary N) is 1. The molecule has 0 aliphatic rings. The Bertz CT molecular complexity index is 784. The van der Waals surface area contributed by atoms with Crippen molar-refractivity contribution < 1.29 is 9.53 Å². The standard InChI is InChI=1S/C17H16N2O2S/c1-12-7-8-13-4-2-6-15(17(13)19-12)21-11-16(20)18-10-14-5-3-9-22-14/h2-9H,10-11H2,1H3,(H,18,20). The van der Waals surface area contributed by atoms with Crippen molar-refractivity contribution in [2.24, 2.45) is 0 Å². The molecule has 0 bridgehead atoms. The van der Waals surface area contributed by atoms with E-state index in [2.05, 4.69) is 10.3 Å². The van der Waals surface area contributed by atoms with Crippen molar-refractivity contribution in [3.8, 4) is 5.75 Å². The molecular weight excluding hydrogens is 296 g/mol. The third kappa shape index (κ3) is 3.43. The number of thiophene rings is 1. The number of nitrogens with zero attached hydrogens (tertiary/aromatic N) is 1. The third-order valence-corrected chi connectivity index (χ3v) is 4.10. The minimum atomic E-state index is -0.141. The van der Waals surface area contributed by atoms with E-state index in [0.717, 1.165) is 21.5 Å². The zero-order valence-corrected chi connectivity index (χ0v) is 13.0. The number of benzene rings is 1. The van der Waals surface area contributed by atoms with E-state index >= 15 is 0 Å². The number of aromatic nitrogens is 1. The van der Waals surface area contributed by atoms with Gasteiger partial charge in [-0.3, -0.25) is 4.79 Å². The number of hydrogen-bond donors (Lipinski definition) is 1. The van der Waals surface area contributed by atoms with Gasteiger partial charge >= 0.3 is 0 Å². The summed E-state index contributed by atoms with van der Waals surface area (Å²) in [5, 5.41) is 5.83. The minimum absolute atomic E-state index is 0.0138. The molecule has 0 saturated heterocycles. The van der Waals surface area contributed by atoms with Crippen LogP contribution in [0.4, 0.5) is 0 Å². The molecule has 0 aliphatic heterocycles. The zero-order valence-electron chi connectivity index (χ0n) is 12.2. The molecular formula is C17H16N2O2S. The Morgan fingerprint density at radius 1 is 1.23 bits per heavy atom. The van der Waals surface area contributed by atoms with Crippen LogP contribution in [-0.4, -0.2) is 17.5 Å².